The Bertz CT molecular complexity index is 290. The van der Waals surface area contributed by atoms with Crippen molar-refractivity contribution in [3.8, 4) is 0 Å². The van der Waals surface area contributed by atoms with Crippen LogP contribution in [0.15, 0.2) is 0 Å². The van der Waals surface area contributed by atoms with Crippen LogP contribution in [-0.2, 0) is 14.2 Å². The summed E-state index contributed by atoms with van der Waals surface area (Å²) < 4.78 is 14.9. The number of aliphatic hydroxyl groups is 4. The van der Waals surface area contributed by atoms with E-state index in [1.165, 1.54) is 7.11 Å². The maximum Gasteiger partial charge on any atom is 0.185 e. The van der Waals surface area contributed by atoms with Crippen molar-refractivity contribution in [2.75, 3.05) is 20.3 Å². The molecule has 2 rings (SSSR count). The molecule has 2 heterocycles. The zero-order chi connectivity index (χ0) is 16.2. The van der Waals surface area contributed by atoms with E-state index < -0.39 is 30.7 Å². The molecule has 2 unspecified atom stereocenters. The van der Waals surface area contributed by atoms with Crippen LogP contribution < -0.4 is 0 Å². The number of aliphatic hydroxyl groups excluding tert-OH is 4. The molecular formula is C13H26O7S. The van der Waals surface area contributed by atoms with Gasteiger partial charge in [-0.2, -0.15) is 12.6 Å². The Balaban J connectivity index is 0.000000211. The SMILES string of the molecule is CO[C@H]1OC[C@@H](S)[C@H](O)C1O.C[C@@H]1CO[C@H](C)C(O)[C@H]1O. The molecule has 2 aliphatic rings. The summed E-state index contributed by atoms with van der Waals surface area (Å²) in [6.45, 7) is 4.46. The molecule has 0 aromatic rings. The summed E-state index contributed by atoms with van der Waals surface area (Å²) >= 11 is 4.00. The Morgan fingerprint density at radius 3 is 2.05 bits per heavy atom. The van der Waals surface area contributed by atoms with Gasteiger partial charge in [0.1, 0.15) is 12.2 Å². The molecule has 4 N–H and O–H groups in total. The van der Waals surface area contributed by atoms with E-state index in [0.29, 0.717) is 13.2 Å². The molecule has 21 heavy (non-hydrogen) atoms. The summed E-state index contributed by atoms with van der Waals surface area (Å²) in [5.41, 5.74) is 0. The second-order valence-electron chi connectivity index (χ2n) is 5.48. The summed E-state index contributed by atoms with van der Waals surface area (Å²) in [5.74, 6) is 0.0474. The average Bonchev–Trinajstić information content (AvgIpc) is 2.48. The van der Waals surface area contributed by atoms with Gasteiger partial charge in [-0.05, 0) is 6.92 Å². The lowest BCUT2D eigenvalue weighted by Gasteiger charge is -2.34. The van der Waals surface area contributed by atoms with E-state index in [4.69, 9.17) is 14.2 Å². The van der Waals surface area contributed by atoms with Crippen molar-refractivity contribution in [3.63, 3.8) is 0 Å². The highest BCUT2D eigenvalue weighted by atomic mass is 32.1. The number of thiol groups is 1. The molecule has 8 heteroatoms. The lowest BCUT2D eigenvalue weighted by Crippen LogP contribution is -2.51. The van der Waals surface area contributed by atoms with Crippen LogP contribution in [0.4, 0.5) is 0 Å². The van der Waals surface area contributed by atoms with Gasteiger partial charge in [0.25, 0.3) is 0 Å². The fourth-order valence-corrected chi connectivity index (χ4v) is 2.36. The van der Waals surface area contributed by atoms with E-state index in [0.717, 1.165) is 0 Å². The van der Waals surface area contributed by atoms with Gasteiger partial charge < -0.3 is 34.6 Å². The predicted molar refractivity (Wildman–Crippen MR) is 78.1 cm³/mol. The minimum atomic E-state index is -1.00. The van der Waals surface area contributed by atoms with E-state index in [1.54, 1.807) is 6.92 Å². The third-order valence-corrected chi connectivity index (χ3v) is 4.18. The minimum Gasteiger partial charge on any atom is -0.390 e. The van der Waals surface area contributed by atoms with Gasteiger partial charge in [0, 0.05) is 13.0 Å². The van der Waals surface area contributed by atoms with Crippen LogP contribution in [0.3, 0.4) is 0 Å². The highest BCUT2D eigenvalue weighted by molar-refractivity contribution is 7.81. The highest BCUT2D eigenvalue weighted by Crippen LogP contribution is 2.19. The number of rotatable bonds is 1. The second-order valence-corrected chi connectivity index (χ2v) is 6.15. The lowest BCUT2D eigenvalue weighted by molar-refractivity contribution is -0.229. The molecule has 0 aromatic carbocycles. The molecule has 2 saturated heterocycles. The van der Waals surface area contributed by atoms with Gasteiger partial charge >= 0.3 is 0 Å². The van der Waals surface area contributed by atoms with Crippen molar-refractivity contribution in [1.82, 2.24) is 0 Å². The Kier molecular flexibility index (Phi) is 7.86. The molecular weight excluding hydrogens is 300 g/mol. The first-order valence-corrected chi connectivity index (χ1v) is 7.47. The van der Waals surface area contributed by atoms with Crippen molar-refractivity contribution in [2.45, 2.75) is 55.9 Å². The summed E-state index contributed by atoms with van der Waals surface area (Å²) in [5, 5.41) is 36.7. The maximum absolute atomic E-state index is 9.29. The molecule has 0 spiro atoms. The largest absolute Gasteiger partial charge is 0.390 e. The van der Waals surface area contributed by atoms with Crippen molar-refractivity contribution >= 4 is 12.6 Å². The van der Waals surface area contributed by atoms with Crippen LogP contribution in [0, 0.1) is 5.92 Å². The molecule has 2 fully saturated rings. The molecule has 0 saturated carbocycles. The molecule has 0 amide bonds. The molecule has 7 nitrogen and oxygen atoms in total. The van der Waals surface area contributed by atoms with Gasteiger partial charge in [-0.15, -0.1) is 0 Å². The summed E-state index contributed by atoms with van der Waals surface area (Å²) in [6, 6.07) is 0. The van der Waals surface area contributed by atoms with E-state index >= 15 is 0 Å². The van der Waals surface area contributed by atoms with Crippen LogP contribution in [-0.4, -0.2) is 82.8 Å². The van der Waals surface area contributed by atoms with E-state index in [1.807, 2.05) is 6.92 Å². The third kappa shape index (κ3) is 5.04. The van der Waals surface area contributed by atoms with Crippen LogP contribution in [0.2, 0.25) is 0 Å². The summed E-state index contributed by atoms with van der Waals surface area (Å²) in [6.07, 6.45) is -4.18. The fourth-order valence-electron chi connectivity index (χ4n) is 2.10. The second kappa shape index (κ2) is 8.64. The Labute approximate surface area is 130 Å². The van der Waals surface area contributed by atoms with Crippen molar-refractivity contribution in [2.24, 2.45) is 5.92 Å². The topological polar surface area (TPSA) is 109 Å². The Morgan fingerprint density at radius 1 is 0.905 bits per heavy atom. The smallest absolute Gasteiger partial charge is 0.185 e. The molecule has 0 aliphatic carbocycles. The number of methoxy groups -OCH3 is 1. The van der Waals surface area contributed by atoms with Crippen LogP contribution in [0.5, 0.6) is 0 Å². The van der Waals surface area contributed by atoms with E-state index in [-0.39, 0.29) is 17.3 Å². The zero-order valence-corrected chi connectivity index (χ0v) is 13.4. The lowest BCUT2D eigenvalue weighted by atomic mass is 9.95. The highest BCUT2D eigenvalue weighted by Gasteiger charge is 2.36. The first kappa shape index (κ1) is 19.1. The normalized spacial score (nSPS) is 47.4. The molecule has 0 bridgehead atoms. The number of ether oxygens (including phenoxy) is 3. The van der Waals surface area contributed by atoms with Crippen LogP contribution in [0.1, 0.15) is 13.8 Å². The third-order valence-electron chi connectivity index (χ3n) is 3.72. The van der Waals surface area contributed by atoms with Gasteiger partial charge in [0.15, 0.2) is 6.29 Å². The molecule has 2 aliphatic heterocycles. The fraction of sp³-hybridized carbons (Fsp3) is 1.00. The molecule has 126 valence electrons. The van der Waals surface area contributed by atoms with Gasteiger partial charge in [-0.1, -0.05) is 6.92 Å². The van der Waals surface area contributed by atoms with Crippen molar-refractivity contribution in [3.05, 3.63) is 0 Å². The Hall–Kier alpha value is 0.0700. The standard InChI is InChI=1S/C7H14O3.C6H12O4S/c1-4-3-10-5(2)7(9)6(4)8;1-9-6-5(8)4(7)3(11)2-10-6/h4-9H,3H2,1-2H3;3-8,11H,2H2,1H3/t4-,5-,6+,7?;3-,4+,5?,6+/m11/s1. The summed E-state index contributed by atoms with van der Waals surface area (Å²) in [7, 11) is 1.42. The average molecular weight is 326 g/mol. The maximum atomic E-state index is 9.29. The van der Waals surface area contributed by atoms with Gasteiger partial charge in [0.2, 0.25) is 0 Å². The molecule has 8 atom stereocenters. The number of hydrogen-bond donors (Lipinski definition) is 5. The molecule has 0 radical (unpaired) electrons. The van der Waals surface area contributed by atoms with E-state index in [2.05, 4.69) is 12.6 Å². The quantitative estimate of drug-likeness (QED) is 0.384. The first-order chi connectivity index (χ1) is 9.79. The molecule has 0 aromatic heterocycles. The van der Waals surface area contributed by atoms with Gasteiger partial charge in [-0.25, -0.2) is 0 Å². The van der Waals surface area contributed by atoms with E-state index in [9.17, 15) is 20.4 Å². The monoisotopic (exact) mass is 326 g/mol. The number of hydrogen-bond acceptors (Lipinski definition) is 8. The van der Waals surface area contributed by atoms with Crippen LogP contribution >= 0.6 is 12.6 Å². The Morgan fingerprint density at radius 2 is 1.52 bits per heavy atom. The van der Waals surface area contributed by atoms with Crippen molar-refractivity contribution in [1.29, 1.82) is 0 Å². The zero-order valence-electron chi connectivity index (χ0n) is 12.5. The summed E-state index contributed by atoms with van der Waals surface area (Å²) in [4.78, 5) is 0. The minimum absolute atomic E-state index is 0.0474. The van der Waals surface area contributed by atoms with Crippen molar-refractivity contribution < 1.29 is 34.6 Å². The van der Waals surface area contributed by atoms with Gasteiger partial charge in [-0.3, -0.25) is 0 Å². The van der Waals surface area contributed by atoms with Gasteiger partial charge in [0.05, 0.1) is 36.8 Å². The first-order valence-electron chi connectivity index (χ1n) is 6.95. The van der Waals surface area contributed by atoms with Crippen LogP contribution in [0.25, 0.3) is 0 Å². The predicted octanol–water partition coefficient (Wildman–Crippen LogP) is -1.23.